The average Bonchev–Trinajstić information content (AvgIpc) is 2.69. The highest BCUT2D eigenvalue weighted by molar-refractivity contribution is 7.89. The lowest BCUT2D eigenvalue weighted by Gasteiger charge is -2.11. The lowest BCUT2D eigenvalue weighted by molar-refractivity contribution is 0.337. The molecule has 1 heterocycles. The summed E-state index contributed by atoms with van der Waals surface area (Å²) in [7, 11) is -3.66. The zero-order valence-corrected chi connectivity index (χ0v) is 16.0. The number of rotatable bonds is 7. The van der Waals surface area contributed by atoms with Gasteiger partial charge in [-0.1, -0.05) is 30.3 Å². The highest BCUT2D eigenvalue weighted by Gasteiger charge is 2.16. The van der Waals surface area contributed by atoms with Crippen molar-refractivity contribution in [1.82, 2.24) is 14.7 Å². The fraction of sp³-hybridized carbons (Fsp3) is 0.200. The molecule has 0 spiro atoms. The summed E-state index contributed by atoms with van der Waals surface area (Å²) in [6, 6.07) is 16.3. The van der Waals surface area contributed by atoms with Crippen molar-refractivity contribution in [2.45, 2.75) is 25.3 Å². The summed E-state index contributed by atoms with van der Waals surface area (Å²) in [5, 5.41) is 0. The van der Waals surface area contributed by atoms with E-state index in [9.17, 15) is 8.42 Å². The molecule has 6 nitrogen and oxygen atoms in total. The molecule has 3 aromatic rings. The monoisotopic (exact) mass is 383 g/mol. The van der Waals surface area contributed by atoms with Crippen LogP contribution < -0.4 is 9.46 Å². The Morgan fingerprint density at radius 1 is 1.04 bits per heavy atom. The number of benzene rings is 2. The molecule has 0 atom stereocenters. The largest absolute Gasteiger partial charge is 0.494 e. The Labute approximate surface area is 159 Å². The van der Waals surface area contributed by atoms with Crippen LogP contribution in [-0.2, 0) is 16.6 Å². The van der Waals surface area contributed by atoms with E-state index in [1.807, 2.05) is 44.2 Å². The van der Waals surface area contributed by atoms with Gasteiger partial charge in [0.2, 0.25) is 10.0 Å². The van der Waals surface area contributed by atoms with Gasteiger partial charge in [0.05, 0.1) is 29.4 Å². The van der Waals surface area contributed by atoms with Crippen molar-refractivity contribution >= 4 is 10.0 Å². The standard InChI is InChI=1S/C20H21N3O3S/c1-3-26-20-10-9-18(11-15(20)2)27(24,25)23-13-17-12-19(22-14-21-17)16-7-5-4-6-8-16/h4-12,14,23H,3,13H2,1-2H3. The number of nitrogens with zero attached hydrogens (tertiary/aromatic N) is 2. The maximum absolute atomic E-state index is 12.6. The third-order valence-corrected chi connectivity index (χ3v) is 5.39. The first-order chi connectivity index (χ1) is 13.0. The van der Waals surface area contributed by atoms with E-state index in [2.05, 4.69) is 14.7 Å². The molecule has 1 aromatic heterocycles. The van der Waals surface area contributed by atoms with E-state index in [1.165, 1.54) is 12.4 Å². The molecule has 0 bridgehead atoms. The van der Waals surface area contributed by atoms with Crippen LogP contribution in [0.15, 0.2) is 65.8 Å². The fourth-order valence-electron chi connectivity index (χ4n) is 2.62. The van der Waals surface area contributed by atoms with Crippen LogP contribution in [-0.4, -0.2) is 25.0 Å². The first-order valence-electron chi connectivity index (χ1n) is 8.59. The lowest BCUT2D eigenvalue weighted by Crippen LogP contribution is -2.24. The second-order valence-electron chi connectivity index (χ2n) is 5.95. The molecule has 0 aliphatic rings. The first kappa shape index (κ1) is 19.0. The second kappa shape index (κ2) is 8.28. The number of ether oxygens (including phenoxy) is 1. The quantitative estimate of drug-likeness (QED) is 0.677. The van der Waals surface area contributed by atoms with Crippen molar-refractivity contribution in [2.75, 3.05) is 6.61 Å². The van der Waals surface area contributed by atoms with Gasteiger partial charge >= 0.3 is 0 Å². The summed E-state index contributed by atoms with van der Waals surface area (Å²) in [6.07, 6.45) is 1.44. The Balaban J connectivity index is 1.75. The van der Waals surface area contributed by atoms with Crippen LogP contribution in [0.1, 0.15) is 18.2 Å². The Morgan fingerprint density at radius 3 is 2.52 bits per heavy atom. The van der Waals surface area contributed by atoms with Gasteiger partial charge in [0.1, 0.15) is 12.1 Å². The predicted molar refractivity (Wildman–Crippen MR) is 104 cm³/mol. The maximum atomic E-state index is 12.6. The molecule has 0 saturated heterocycles. The average molecular weight is 383 g/mol. The van der Waals surface area contributed by atoms with E-state index in [0.29, 0.717) is 18.1 Å². The van der Waals surface area contributed by atoms with Crippen molar-refractivity contribution in [3.8, 4) is 17.0 Å². The lowest BCUT2D eigenvalue weighted by atomic mass is 10.1. The van der Waals surface area contributed by atoms with E-state index in [1.54, 1.807) is 18.2 Å². The summed E-state index contributed by atoms with van der Waals surface area (Å²) in [5.74, 6) is 0.680. The molecule has 0 saturated carbocycles. The van der Waals surface area contributed by atoms with Crippen LogP contribution in [0, 0.1) is 6.92 Å². The van der Waals surface area contributed by atoms with Crippen molar-refractivity contribution in [1.29, 1.82) is 0 Å². The molecule has 2 aromatic carbocycles. The molecule has 0 aliphatic heterocycles. The third kappa shape index (κ3) is 4.69. The molecule has 1 N–H and O–H groups in total. The molecule has 0 radical (unpaired) electrons. The number of sulfonamides is 1. The summed E-state index contributed by atoms with van der Waals surface area (Å²) in [4.78, 5) is 8.60. The van der Waals surface area contributed by atoms with Gasteiger partial charge in [-0.3, -0.25) is 0 Å². The minimum absolute atomic E-state index is 0.0803. The van der Waals surface area contributed by atoms with Gasteiger partial charge in [0.25, 0.3) is 0 Å². The minimum Gasteiger partial charge on any atom is -0.494 e. The van der Waals surface area contributed by atoms with Crippen molar-refractivity contribution in [3.05, 3.63) is 72.2 Å². The van der Waals surface area contributed by atoms with Crippen LogP contribution in [0.4, 0.5) is 0 Å². The normalized spacial score (nSPS) is 11.3. The van der Waals surface area contributed by atoms with Crippen LogP contribution in [0.5, 0.6) is 5.75 Å². The Bertz CT molecular complexity index is 1020. The third-order valence-electron chi connectivity index (χ3n) is 3.99. The van der Waals surface area contributed by atoms with Crippen LogP contribution in [0.2, 0.25) is 0 Å². The Kier molecular flexibility index (Phi) is 5.83. The minimum atomic E-state index is -3.66. The van der Waals surface area contributed by atoms with E-state index in [-0.39, 0.29) is 11.4 Å². The molecule has 3 rings (SSSR count). The van der Waals surface area contributed by atoms with Gasteiger partial charge in [0.15, 0.2) is 0 Å². The molecule has 7 heteroatoms. The highest BCUT2D eigenvalue weighted by Crippen LogP contribution is 2.22. The molecular weight excluding hydrogens is 362 g/mol. The summed E-state index contributed by atoms with van der Waals surface area (Å²) in [6.45, 7) is 4.32. The topological polar surface area (TPSA) is 81.2 Å². The highest BCUT2D eigenvalue weighted by atomic mass is 32.2. The number of aryl methyl sites for hydroxylation is 1. The van der Waals surface area contributed by atoms with Gasteiger partial charge in [-0.05, 0) is 43.7 Å². The van der Waals surface area contributed by atoms with Crippen molar-refractivity contribution < 1.29 is 13.2 Å². The van der Waals surface area contributed by atoms with E-state index < -0.39 is 10.0 Å². The van der Waals surface area contributed by atoms with Gasteiger partial charge in [-0.2, -0.15) is 0 Å². The number of aromatic nitrogens is 2. The zero-order chi connectivity index (χ0) is 19.3. The summed E-state index contributed by atoms with van der Waals surface area (Å²) < 4.78 is 33.2. The smallest absolute Gasteiger partial charge is 0.240 e. The molecule has 0 unspecified atom stereocenters. The summed E-state index contributed by atoms with van der Waals surface area (Å²) in [5.41, 5.74) is 3.06. The first-order valence-corrected chi connectivity index (χ1v) is 10.1. The fourth-order valence-corrected chi connectivity index (χ4v) is 3.70. The molecule has 140 valence electrons. The van der Waals surface area contributed by atoms with Crippen LogP contribution >= 0.6 is 0 Å². The number of hydrogen-bond acceptors (Lipinski definition) is 5. The Hall–Kier alpha value is -2.77. The second-order valence-corrected chi connectivity index (χ2v) is 7.71. The van der Waals surface area contributed by atoms with E-state index in [0.717, 1.165) is 16.8 Å². The van der Waals surface area contributed by atoms with Gasteiger partial charge in [0, 0.05) is 5.56 Å². The van der Waals surface area contributed by atoms with Crippen molar-refractivity contribution in [3.63, 3.8) is 0 Å². The summed E-state index contributed by atoms with van der Waals surface area (Å²) >= 11 is 0. The van der Waals surface area contributed by atoms with Crippen LogP contribution in [0.3, 0.4) is 0 Å². The van der Waals surface area contributed by atoms with E-state index in [4.69, 9.17) is 4.74 Å². The van der Waals surface area contributed by atoms with Gasteiger partial charge < -0.3 is 4.74 Å². The SMILES string of the molecule is CCOc1ccc(S(=O)(=O)NCc2cc(-c3ccccc3)ncn2)cc1C. The van der Waals surface area contributed by atoms with Gasteiger partial charge in [-0.25, -0.2) is 23.1 Å². The Morgan fingerprint density at radius 2 is 1.81 bits per heavy atom. The van der Waals surface area contributed by atoms with Gasteiger partial charge in [-0.15, -0.1) is 0 Å². The number of nitrogens with one attached hydrogen (secondary N) is 1. The maximum Gasteiger partial charge on any atom is 0.240 e. The molecule has 0 fully saturated rings. The molecule has 0 amide bonds. The molecule has 27 heavy (non-hydrogen) atoms. The predicted octanol–water partition coefficient (Wildman–Crippen LogP) is 3.33. The number of hydrogen-bond donors (Lipinski definition) is 1. The van der Waals surface area contributed by atoms with E-state index >= 15 is 0 Å². The van der Waals surface area contributed by atoms with Crippen LogP contribution in [0.25, 0.3) is 11.3 Å². The zero-order valence-electron chi connectivity index (χ0n) is 15.2. The molecule has 0 aliphatic carbocycles. The molecular formula is C20H21N3O3S. The van der Waals surface area contributed by atoms with Crippen molar-refractivity contribution in [2.24, 2.45) is 0 Å².